The van der Waals surface area contributed by atoms with E-state index < -0.39 is 0 Å². The third-order valence-corrected chi connectivity index (χ3v) is 6.51. The largest absolute Gasteiger partial charge is 0.319 e. The predicted octanol–water partition coefficient (Wildman–Crippen LogP) is 4.88. The van der Waals surface area contributed by atoms with Gasteiger partial charge in [-0.1, -0.05) is 30.3 Å². The first-order chi connectivity index (χ1) is 15.5. The number of rotatable bonds is 5. The molecule has 0 aliphatic heterocycles. The molecule has 0 atom stereocenters. The summed E-state index contributed by atoms with van der Waals surface area (Å²) >= 11 is 1.62. The van der Waals surface area contributed by atoms with Crippen LogP contribution in [0.1, 0.15) is 32.9 Å². The Labute approximate surface area is 189 Å². The Balaban J connectivity index is 1.45. The van der Waals surface area contributed by atoms with Gasteiger partial charge < -0.3 is 5.32 Å². The number of nitrogens with one attached hydrogen (secondary N) is 1. The first kappa shape index (κ1) is 20.1. The minimum absolute atomic E-state index is 0.252. The minimum Gasteiger partial charge on any atom is -0.319 e. The van der Waals surface area contributed by atoms with Crippen LogP contribution in [0.2, 0.25) is 0 Å². The van der Waals surface area contributed by atoms with Crippen LogP contribution in [0.4, 0.5) is 5.69 Å². The molecule has 0 fully saturated rings. The van der Waals surface area contributed by atoms with Crippen LogP contribution in [0.3, 0.4) is 0 Å². The maximum absolute atomic E-state index is 13.2. The number of thiophene rings is 1. The quantitative estimate of drug-likeness (QED) is 0.421. The van der Waals surface area contributed by atoms with Crippen LogP contribution >= 0.6 is 11.3 Å². The van der Waals surface area contributed by atoms with Gasteiger partial charge in [-0.2, -0.15) is 10.2 Å². The highest BCUT2D eigenvalue weighted by molar-refractivity contribution is 7.13. The predicted molar refractivity (Wildman–Crippen MR) is 126 cm³/mol. The highest BCUT2D eigenvalue weighted by Gasteiger charge is 2.20. The van der Waals surface area contributed by atoms with E-state index in [4.69, 9.17) is 0 Å². The van der Waals surface area contributed by atoms with Gasteiger partial charge in [0, 0.05) is 6.20 Å². The van der Waals surface area contributed by atoms with Gasteiger partial charge in [-0.3, -0.25) is 9.48 Å². The van der Waals surface area contributed by atoms with Gasteiger partial charge >= 0.3 is 0 Å². The van der Waals surface area contributed by atoms with Crippen molar-refractivity contribution in [1.82, 2.24) is 24.4 Å². The van der Waals surface area contributed by atoms with Gasteiger partial charge in [0.25, 0.3) is 5.91 Å². The lowest BCUT2D eigenvalue weighted by atomic mass is 10.1. The molecule has 0 radical (unpaired) electrons. The van der Waals surface area contributed by atoms with E-state index in [9.17, 15) is 4.79 Å². The summed E-state index contributed by atoms with van der Waals surface area (Å²) in [6, 6.07) is 14.2. The third-order valence-electron chi connectivity index (χ3n) is 5.62. The highest BCUT2D eigenvalue weighted by Crippen LogP contribution is 2.26. The number of aryl methyl sites for hydroxylation is 2. The molecule has 1 N–H and O–H groups in total. The molecular formula is C24H22N6OS. The van der Waals surface area contributed by atoms with Gasteiger partial charge in [0.15, 0.2) is 5.65 Å². The highest BCUT2D eigenvalue weighted by atomic mass is 32.1. The number of benzene rings is 1. The van der Waals surface area contributed by atoms with Gasteiger partial charge in [0.05, 0.1) is 40.4 Å². The number of carbonyl (C=O) groups is 1. The Morgan fingerprint density at radius 2 is 1.94 bits per heavy atom. The second kappa shape index (κ2) is 8.05. The van der Waals surface area contributed by atoms with Crippen molar-refractivity contribution in [2.75, 3.05) is 5.32 Å². The van der Waals surface area contributed by atoms with Gasteiger partial charge in [-0.05, 0) is 49.4 Å². The lowest BCUT2D eigenvalue weighted by Crippen LogP contribution is -2.13. The zero-order valence-electron chi connectivity index (χ0n) is 18.0. The van der Waals surface area contributed by atoms with E-state index >= 15 is 0 Å². The lowest BCUT2D eigenvalue weighted by molar-refractivity contribution is 0.102. The summed E-state index contributed by atoms with van der Waals surface area (Å²) in [6.07, 6.45) is 3.27. The van der Waals surface area contributed by atoms with Crippen molar-refractivity contribution in [2.45, 2.75) is 27.3 Å². The average molecular weight is 443 g/mol. The van der Waals surface area contributed by atoms with Crippen molar-refractivity contribution in [1.29, 1.82) is 0 Å². The second-order valence-electron chi connectivity index (χ2n) is 7.69. The smallest absolute Gasteiger partial charge is 0.261 e. The van der Waals surface area contributed by atoms with E-state index in [2.05, 4.69) is 39.6 Å². The Hall–Kier alpha value is -3.78. The number of fused-ring (bicyclic) bond motifs is 1. The summed E-state index contributed by atoms with van der Waals surface area (Å²) < 4.78 is 3.64. The summed E-state index contributed by atoms with van der Waals surface area (Å²) in [7, 11) is 0. The van der Waals surface area contributed by atoms with E-state index in [0.717, 1.165) is 27.6 Å². The molecule has 0 bridgehead atoms. The van der Waals surface area contributed by atoms with E-state index in [0.29, 0.717) is 17.8 Å². The molecule has 0 saturated carbocycles. The van der Waals surface area contributed by atoms with E-state index in [-0.39, 0.29) is 5.91 Å². The molecule has 160 valence electrons. The molecule has 0 unspecified atom stereocenters. The maximum Gasteiger partial charge on any atom is 0.261 e. The third kappa shape index (κ3) is 3.48. The van der Waals surface area contributed by atoms with Gasteiger partial charge in [-0.15, -0.1) is 11.3 Å². The van der Waals surface area contributed by atoms with Crippen molar-refractivity contribution < 1.29 is 4.79 Å². The Morgan fingerprint density at radius 3 is 2.72 bits per heavy atom. The molecular weight excluding hydrogens is 420 g/mol. The summed E-state index contributed by atoms with van der Waals surface area (Å²) in [5.41, 5.74) is 6.66. The molecule has 1 aromatic carbocycles. The monoisotopic (exact) mass is 442 g/mol. The van der Waals surface area contributed by atoms with Crippen molar-refractivity contribution >= 4 is 28.6 Å². The van der Waals surface area contributed by atoms with Crippen LogP contribution in [0.15, 0.2) is 60.2 Å². The van der Waals surface area contributed by atoms with Crippen LogP contribution in [-0.2, 0) is 6.54 Å². The van der Waals surface area contributed by atoms with Crippen LogP contribution < -0.4 is 5.32 Å². The fourth-order valence-corrected chi connectivity index (χ4v) is 4.56. The van der Waals surface area contributed by atoms with Crippen molar-refractivity contribution in [2.24, 2.45) is 0 Å². The summed E-state index contributed by atoms with van der Waals surface area (Å²) in [6.45, 7) is 6.61. The molecule has 8 heteroatoms. The molecule has 1 amide bonds. The molecule has 0 aliphatic carbocycles. The van der Waals surface area contributed by atoms with Crippen LogP contribution in [0.5, 0.6) is 0 Å². The zero-order valence-corrected chi connectivity index (χ0v) is 18.8. The van der Waals surface area contributed by atoms with E-state index in [1.165, 1.54) is 11.1 Å². The standard InChI is InChI=1S/C24H22N6OS/c1-15-7-4-5-8-18(15)14-29-17(3)22(16(2)28-29)27-24(31)19-13-26-30-20(10-11-25-23(19)30)21-9-6-12-32-21/h4-13H,14H2,1-3H3,(H,27,31). The summed E-state index contributed by atoms with van der Waals surface area (Å²) in [4.78, 5) is 18.7. The molecule has 0 spiro atoms. The van der Waals surface area contributed by atoms with Gasteiger partial charge in [-0.25, -0.2) is 9.50 Å². The Morgan fingerprint density at radius 1 is 1.09 bits per heavy atom. The Kier molecular flexibility index (Phi) is 5.07. The number of hydrogen-bond acceptors (Lipinski definition) is 5. The summed E-state index contributed by atoms with van der Waals surface area (Å²) in [5.74, 6) is -0.252. The molecule has 5 rings (SSSR count). The first-order valence-corrected chi connectivity index (χ1v) is 11.2. The number of aromatic nitrogens is 5. The molecule has 32 heavy (non-hydrogen) atoms. The zero-order chi connectivity index (χ0) is 22.2. The van der Waals surface area contributed by atoms with E-state index in [1.807, 2.05) is 54.2 Å². The normalized spacial score (nSPS) is 11.2. The average Bonchev–Trinajstić information content (AvgIpc) is 3.52. The number of nitrogens with zero attached hydrogens (tertiary/aromatic N) is 5. The molecule has 4 heterocycles. The molecule has 7 nitrogen and oxygen atoms in total. The topological polar surface area (TPSA) is 77.1 Å². The Bertz CT molecular complexity index is 1430. The molecule has 4 aromatic heterocycles. The number of hydrogen-bond donors (Lipinski definition) is 1. The maximum atomic E-state index is 13.2. The first-order valence-electron chi connectivity index (χ1n) is 10.3. The fourth-order valence-electron chi connectivity index (χ4n) is 3.82. The number of carbonyl (C=O) groups excluding carboxylic acids is 1. The van der Waals surface area contributed by atoms with Crippen LogP contribution in [0, 0.1) is 20.8 Å². The van der Waals surface area contributed by atoms with Crippen molar-refractivity contribution in [3.05, 3.63) is 88.3 Å². The van der Waals surface area contributed by atoms with Gasteiger partial charge in [0.1, 0.15) is 5.56 Å². The van der Waals surface area contributed by atoms with E-state index in [1.54, 1.807) is 28.2 Å². The fraction of sp³-hybridized carbons (Fsp3) is 0.167. The van der Waals surface area contributed by atoms with Crippen molar-refractivity contribution in [3.8, 4) is 10.6 Å². The molecule has 0 aliphatic rings. The molecule has 5 aromatic rings. The lowest BCUT2D eigenvalue weighted by Gasteiger charge is -2.09. The minimum atomic E-state index is -0.252. The number of amides is 1. The summed E-state index contributed by atoms with van der Waals surface area (Å²) in [5, 5.41) is 14.1. The van der Waals surface area contributed by atoms with Crippen LogP contribution in [-0.4, -0.2) is 30.3 Å². The van der Waals surface area contributed by atoms with Crippen molar-refractivity contribution in [3.63, 3.8) is 0 Å². The van der Waals surface area contributed by atoms with Gasteiger partial charge in [0.2, 0.25) is 0 Å². The van der Waals surface area contributed by atoms with Crippen LogP contribution in [0.25, 0.3) is 16.2 Å². The second-order valence-corrected chi connectivity index (χ2v) is 8.63. The molecule has 0 saturated heterocycles. The number of anilines is 1. The SMILES string of the molecule is Cc1ccccc1Cn1nc(C)c(NC(=O)c2cnn3c(-c4cccs4)ccnc23)c1C.